The molecule has 7 heteroatoms. The number of aromatic hydroxyl groups is 1. The van der Waals surface area contributed by atoms with Crippen LogP contribution in [0.15, 0.2) is 18.2 Å². The largest absolute Gasteiger partial charge is 0.508 e. The van der Waals surface area contributed by atoms with E-state index in [0.717, 1.165) is 0 Å². The molecule has 0 spiro atoms. The van der Waals surface area contributed by atoms with E-state index in [1.807, 2.05) is 0 Å². The van der Waals surface area contributed by atoms with Crippen molar-refractivity contribution in [2.24, 2.45) is 0 Å². The van der Waals surface area contributed by atoms with Crippen LogP contribution in [0.3, 0.4) is 0 Å². The van der Waals surface area contributed by atoms with Gasteiger partial charge in [0, 0.05) is 12.1 Å². The Morgan fingerprint density at radius 3 is 1.94 bits per heavy atom. The fourth-order valence-electron chi connectivity index (χ4n) is 1.00. The summed E-state index contributed by atoms with van der Waals surface area (Å²) >= 11 is 0. The third-order valence-corrected chi connectivity index (χ3v) is 1.56. The van der Waals surface area contributed by atoms with Crippen molar-refractivity contribution in [1.82, 2.24) is 0 Å². The van der Waals surface area contributed by atoms with E-state index in [2.05, 4.69) is 0 Å². The number of rotatable bonds is 1. The van der Waals surface area contributed by atoms with Crippen LogP contribution >= 0.6 is 0 Å². The van der Waals surface area contributed by atoms with Crippen LogP contribution in [0, 0.1) is 11.6 Å². The summed E-state index contributed by atoms with van der Waals surface area (Å²) in [6.45, 7) is 0. The second-order valence-electron chi connectivity index (χ2n) is 2.82. The summed E-state index contributed by atoms with van der Waals surface area (Å²) in [6.07, 6.45) is -5.90. The number of allylic oxidation sites excluding steroid dienone is 1. The van der Waals surface area contributed by atoms with Gasteiger partial charge in [0.1, 0.15) is 23.2 Å². The Labute approximate surface area is 85.6 Å². The van der Waals surface area contributed by atoms with E-state index in [1.165, 1.54) is 0 Å². The van der Waals surface area contributed by atoms with Gasteiger partial charge in [0.25, 0.3) is 0 Å². The van der Waals surface area contributed by atoms with Crippen molar-refractivity contribution in [3.63, 3.8) is 0 Å². The number of phenols is 1. The van der Waals surface area contributed by atoms with E-state index in [-0.39, 0.29) is 0 Å². The smallest absolute Gasteiger partial charge is 0.412 e. The van der Waals surface area contributed by atoms with Crippen molar-refractivity contribution in [2.45, 2.75) is 6.18 Å². The fraction of sp³-hybridized carbons (Fsp3) is 0.111. The molecule has 0 saturated heterocycles. The monoisotopic (exact) mass is 242 g/mol. The van der Waals surface area contributed by atoms with Crippen LogP contribution in [0.4, 0.5) is 26.3 Å². The van der Waals surface area contributed by atoms with Gasteiger partial charge >= 0.3 is 6.18 Å². The summed E-state index contributed by atoms with van der Waals surface area (Å²) in [4.78, 5) is 0. The van der Waals surface area contributed by atoms with Crippen molar-refractivity contribution < 1.29 is 31.4 Å². The summed E-state index contributed by atoms with van der Waals surface area (Å²) in [7, 11) is 0. The Balaban J connectivity index is 3.29. The van der Waals surface area contributed by atoms with Gasteiger partial charge in [-0.15, -0.1) is 0 Å². The van der Waals surface area contributed by atoms with E-state index in [0.29, 0.717) is 12.1 Å². The van der Waals surface area contributed by atoms with E-state index in [9.17, 15) is 26.3 Å². The molecule has 88 valence electrons. The standard InChI is InChI=1S/C9H4F6O/c10-5-1-4(16)2-6(11)8(5)7(12)3-9(13,14)15/h1-3,16H. The number of alkyl halides is 3. The SMILES string of the molecule is Oc1cc(F)c(C(F)=CC(F)(F)F)c(F)c1. The average molecular weight is 242 g/mol. The minimum atomic E-state index is -5.03. The van der Waals surface area contributed by atoms with Crippen molar-refractivity contribution in [1.29, 1.82) is 0 Å². The predicted molar refractivity (Wildman–Crippen MR) is 43.2 cm³/mol. The lowest BCUT2D eigenvalue weighted by molar-refractivity contribution is -0.0798. The molecule has 0 aliphatic carbocycles. The van der Waals surface area contributed by atoms with Gasteiger partial charge in [0.05, 0.1) is 11.6 Å². The maximum absolute atomic E-state index is 12.9. The summed E-state index contributed by atoms with van der Waals surface area (Å²) in [5.41, 5.74) is -1.46. The first kappa shape index (κ1) is 12.4. The van der Waals surface area contributed by atoms with Crippen molar-refractivity contribution in [3.8, 4) is 5.75 Å². The molecule has 1 nitrogen and oxygen atoms in total. The zero-order chi connectivity index (χ0) is 12.5. The first-order chi connectivity index (χ1) is 7.20. The average Bonchev–Trinajstić information content (AvgIpc) is 1.96. The second kappa shape index (κ2) is 4.07. The Bertz CT molecular complexity index is 411. The number of hydrogen-bond acceptors (Lipinski definition) is 1. The highest BCUT2D eigenvalue weighted by molar-refractivity contribution is 5.61. The van der Waals surface area contributed by atoms with Crippen LogP contribution in [-0.2, 0) is 0 Å². The van der Waals surface area contributed by atoms with Gasteiger partial charge < -0.3 is 5.11 Å². The molecule has 1 aromatic rings. The van der Waals surface area contributed by atoms with Gasteiger partial charge in [-0.05, 0) is 0 Å². The molecule has 0 radical (unpaired) electrons. The Morgan fingerprint density at radius 1 is 1.12 bits per heavy atom. The highest BCUT2D eigenvalue weighted by Crippen LogP contribution is 2.30. The lowest BCUT2D eigenvalue weighted by atomic mass is 10.1. The van der Waals surface area contributed by atoms with Crippen molar-refractivity contribution in [2.75, 3.05) is 0 Å². The number of benzene rings is 1. The van der Waals surface area contributed by atoms with Crippen LogP contribution in [-0.4, -0.2) is 11.3 Å². The zero-order valence-corrected chi connectivity index (χ0v) is 7.45. The number of halogens is 6. The molecule has 0 fully saturated rings. The molecule has 0 aliphatic heterocycles. The van der Waals surface area contributed by atoms with Crippen LogP contribution in [0.2, 0.25) is 0 Å². The van der Waals surface area contributed by atoms with E-state index >= 15 is 0 Å². The Kier molecular flexibility index (Phi) is 3.16. The molecular weight excluding hydrogens is 238 g/mol. The highest BCUT2D eigenvalue weighted by atomic mass is 19.4. The molecule has 0 aliphatic rings. The van der Waals surface area contributed by atoms with Gasteiger partial charge in [-0.25, -0.2) is 13.2 Å². The lowest BCUT2D eigenvalue weighted by Gasteiger charge is -2.05. The maximum atomic E-state index is 12.9. The molecule has 0 aromatic heterocycles. The Hall–Kier alpha value is -1.66. The van der Waals surface area contributed by atoms with E-state index < -0.39 is 41.0 Å². The molecule has 1 aromatic carbocycles. The highest BCUT2D eigenvalue weighted by Gasteiger charge is 2.27. The molecule has 0 heterocycles. The van der Waals surface area contributed by atoms with Gasteiger partial charge in [-0.3, -0.25) is 0 Å². The minimum absolute atomic E-state index is 0.308. The summed E-state index contributed by atoms with van der Waals surface area (Å²) in [5, 5.41) is 8.69. The van der Waals surface area contributed by atoms with Gasteiger partial charge in [0.15, 0.2) is 0 Å². The first-order valence-corrected chi connectivity index (χ1v) is 3.84. The molecule has 1 N–H and O–H groups in total. The number of hydrogen-bond donors (Lipinski definition) is 1. The fourth-order valence-corrected chi connectivity index (χ4v) is 1.00. The molecule has 1 rings (SSSR count). The van der Waals surface area contributed by atoms with Crippen molar-refractivity contribution in [3.05, 3.63) is 35.4 Å². The second-order valence-corrected chi connectivity index (χ2v) is 2.82. The summed E-state index contributed by atoms with van der Waals surface area (Å²) < 4.78 is 73.8. The third-order valence-electron chi connectivity index (χ3n) is 1.56. The molecule has 0 unspecified atom stereocenters. The quantitative estimate of drug-likeness (QED) is 0.746. The lowest BCUT2D eigenvalue weighted by Crippen LogP contribution is -2.03. The molecule has 0 bridgehead atoms. The van der Waals surface area contributed by atoms with Crippen LogP contribution in [0.5, 0.6) is 5.75 Å². The van der Waals surface area contributed by atoms with Crippen LogP contribution < -0.4 is 0 Å². The summed E-state index contributed by atoms with van der Waals surface area (Å²) in [5.74, 6) is -6.17. The van der Waals surface area contributed by atoms with Gasteiger partial charge in [0.2, 0.25) is 0 Å². The van der Waals surface area contributed by atoms with E-state index in [1.54, 1.807) is 0 Å². The van der Waals surface area contributed by atoms with Crippen LogP contribution in [0.25, 0.3) is 5.83 Å². The van der Waals surface area contributed by atoms with E-state index in [4.69, 9.17) is 5.11 Å². The molecule has 0 saturated carbocycles. The predicted octanol–water partition coefficient (Wildman–Crippen LogP) is 3.54. The zero-order valence-electron chi connectivity index (χ0n) is 7.45. The van der Waals surface area contributed by atoms with Gasteiger partial charge in [-0.2, -0.15) is 13.2 Å². The summed E-state index contributed by atoms with van der Waals surface area (Å²) in [6, 6.07) is 0.615. The van der Waals surface area contributed by atoms with Gasteiger partial charge in [-0.1, -0.05) is 0 Å². The van der Waals surface area contributed by atoms with Crippen molar-refractivity contribution >= 4 is 5.83 Å². The molecule has 0 amide bonds. The normalized spacial score (nSPS) is 13.0. The number of phenolic OH excluding ortho intramolecular Hbond substituents is 1. The Morgan fingerprint density at radius 2 is 1.56 bits per heavy atom. The topological polar surface area (TPSA) is 20.2 Å². The third kappa shape index (κ3) is 2.91. The molecule has 16 heavy (non-hydrogen) atoms. The molecular formula is C9H4F6O. The molecule has 0 atom stereocenters. The van der Waals surface area contributed by atoms with Crippen LogP contribution in [0.1, 0.15) is 5.56 Å². The maximum Gasteiger partial charge on any atom is 0.412 e. The first-order valence-electron chi connectivity index (χ1n) is 3.84. The minimum Gasteiger partial charge on any atom is -0.508 e.